The van der Waals surface area contributed by atoms with E-state index in [2.05, 4.69) is 15.5 Å². The minimum Gasteiger partial charge on any atom is -0.325 e. The fourth-order valence-corrected chi connectivity index (χ4v) is 7.85. The number of rotatable bonds is 2. The van der Waals surface area contributed by atoms with Crippen molar-refractivity contribution >= 4 is 52.2 Å². The average molecular weight is 518 g/mol. The summed E-state index contributed by atoms with van der Waals surface area (Å²) in [6.45, 7) is 0.577. The van der Waals surface area contributed by atoms with Crippen molar-refractivity contribution in [2.45, 2.75) is 29.8 Å². The van der Waals surface area contributed by atoms with Crippen LogP contribution in [0.5, 0.6) is 0 Å². The zero-order valence-corrected chi connectivity index (χ0v) is 20.6. The zero-order valence-electron chi connectivity index (χ0n) is 19.1. The van der Waals surface area contributed by atoms with Gasteiger partial charge in [0.15, 0.2) is 5.78 Å². The maximum atomic E-state index is 14.5. The van der Waals surface area contributed by atoms with Gasteiger partial charge in [-0.05, 0) is 49.2 Å². The van der Waals surface area contributed by atoms with Gasteiger partial charge in [0.1, 0.15) is 11.0 Å². The Morgan fingerprint density at radius 2 is 1.58 bits per heavy atom. The number of nitrogens with one attached hydrogen (secondary N) is 2. The molecule has 0 aliphatic carbocycles. The summed E-state index contributed by atoms with van der Waals surface area (Å²) in [6.07, 6.45) is 1.49. The lowest BCUT2D eigenvalue weighted by molar-refractivity contribution is -0.137. The second kappa shape index (κ2) is 7.42. The van der Waals surface area contributed by atoms with Gasteiger partial charge in [-0.3, -0.25) is 19.3 Å². The number of halogens is 2. The van der Waals surface area contributed by atoms with Crippen molar-refractivity contribution in [2.24, 2.45) is 5.92 Å². The molecule has 2 spiro atoms. The number of hydrogen-bond donors (Lipinski definition) is 2. The van der Waals surface area contributed by atoms with Crippen LogP contribution >= 0.6 is 23.2 Å². The second-order valence-corrected chi connectivity index (χ2v) is 10.7. The molecule has 4 atom stereocenters. The summed E-state index contributed by atoms with van der Waals surface area (Å²) >= 11 is 13.1. The highest BCUT2D eigenvalue weighted by atomic mass is 35.5. The van der Waals surface area contributed by atoms with E-state index in [0.717, 1.165) is 6.42 Å². The molecule has 8 heteroatoms. The van der Waals surface area contributed by atoms with E-state index in [-0.39, 0.29) is 23.6 Å². The van der Waals surface area contributed by atoms with Gasteiger partial charge in [-0.15, -0.1) is 0 Å². The van der Waals surface area contributed by atoms with Crippen LogP contribution in [0.4, 0.5) is 11.4 Å². The normalized spacial score (nSPS) is 29.8. The molecular weight excluding hydrogens is 497 g/mol. The van der Waals surface area contributed by atoms with Gasteiger partial charge in [-0.25, -0.2) is 0 Å². The molecule has 4 heterocycles. The van der Waals surface area contributed by atoms with Crippen molar-refractivity contribution in [3.8, 4) is 0 Å². The molecule has 3 aromatic carbocycles. The molecule has 0 unspecified atom stereocenters. The molecule has 2 N–H and O–H groups in total. The Balaban J connectivity index is 1.61. The van der Waals surface area contributed by atoms with E-state index in [0.29, 0.717) is 51.1 Å². The highest BCUT2D eigenvalue weighted by molar-refractivity contribution is 6.36. The number of amides is 2. The van der Waals surface area contributed by atoms with Crippen LogP contribution in [-0.4, -0.2) is 35.1 Å². The van der Waals surface area contributed by atoms with Crippen molar-refractivity contribution in [3.05, 3.63) is 93.5 Å². The Bertz CT molecular complexity index is 1510. The summed E-state index contributed by atoms with van der Waals surface area (Å²) in [5, 5.41) is 6.75. The molecule has 0 saturated carbocycles. The van der Waals surface area contributed by atoms with Crippen LogP contribution in [0.1, 0.15) is 34.3 Å². The number of ketones is 1. The summed E-state index contributed by atoms with van der Waals surface area (Å²) in [7, 11) is 0. The molecule has 0 bridgehead atoms. The molecule has 0 aromatic heterocycles. The third kappa shape index (κ3) is 2.36. The van der Waals surface area contributed by atoms with Crippen molar-refractivity contribution < 1.29 is 14.4 Å². The number of fused-ring (bicyclic) bond motifs is 7. The van der Waals surface area contributed by atoms with E-state index in [4.69, 9.17) is 23.2 Å². The Kier molecular flexibility index (Phi) is 4.54. The molecule has 2 fully saturated rings. The summed E-state index contributed by atoms with van der Waals surface area (Å²) in [5.74, 6) is -1.76. The first-order valence-electron chi connectivity index (χ1n) is 12.0. The standard InChI is InChI=1S/C28H21Cl2N3O3/c29-18-10-3-1-7-15(18)24(34)22-21-13-6-14-33(21)28(17-9-5-11-19(30)23(17)32-26(28)36)27(22)16-8-2-4-12-20(16)31-25(27)35/h1-5,7-12,21-22H,6,13-14H2,(H,31,35)(H,32,36)/t21-,22-,27+,28+/m1/s1. The van der Waals surface area contributed by atoms with Gasteiger partial charge in [0, 0.05) is 22.9 Å². The summed E-state index contributed by atoms with van der Waals surface area (Å²) < 4.78 is 0. The Morgan fingerprint density at radius 3 is 2.42 bits per heavy atom. The Morgan fingerprint density at radius 1 is 0.861 bits per heavy atom. The molecule has 7 rings (SSSR count). The molecule has 6 nitrogen and oxygen atoms in total. The fourth-order valence-electron chi connectivity index (χ4n) is 7.40. The molecule has 4 aliphatic rings. The highest BCUT2D eigenvalue weighted by Gasteiger charge is 2.81. The lowest BCUT2D eigenvalue weighted by atomic mass is 9.57. The summed E-state index contributed by atoms with van der Waals surface area (Å²) in [4.78, 5) is 45.3. The van der Waals surface area contributed by atoms with E-state index in [1.165, 1.54) is 0 Å². The predicted molar refractivity (Wildman–Crippen MR) is 138 cm³/mol. The van der Waals surface area contributed by atoms with Gasteiger partial charge in [-0.1, -0.05) is 65.7 Å². The van der Waals surface area contributed by atoms with Crippen molar-refractivity contribution in [1.82, 2.24) is 4.90 Å². The van der Waals surface area contributed by atoms with Crippen LogP contribution in [0.15, 0.2) is 66.7 Å². The lowest BCUT2D eigenvalue weighted by Crippen LogP contribution is -2.62. The first-order valence-corrected chi connectivity index (χ1v) is 12.8. The van der Waals surface area contributed by atoms with Crippen LogP contribution in [0.3, 0.4) is 0 Å². The van der Waals surface area contributed by atoms with Gasteiger partial charge in [0.05, 0.1) is 21.7 Å². The van der Waals surface area contributed by atoms with Gasteiger partial charge in [-0.2, -0.15) is 0 Å². The van der Waals surface area contributed by atoms with Gasteiger partial charge >= 0.3 is 0 Å². The molecule has 2 amide bonds. The molecule has 0 radical (unpaired) electrons. The van der Waals surface area contributed by atoms with Crippen molar-refractivity contribution in [1.29, 1.82) is 0 Å². The largest absolute Gasteiger partial charge is 0.325 e. The lowest BCUT2D eigenvalue weighted by Gasteiger charge is -2.43. The number of Topliss-reactive ketones (excluding diaryl/α,β-unsaturated/α-hetero) is 1. The number of nitrogens with zero attached hydrogens (tertiary/aromatic N) is 1. The third-order valence-electron chi connectivity index (χ3n) is 8.50. The van der Waals surface area contributed by atoms with Crippen molar-refractivity contribution in [3.63, 3.8) is 0 Å². The number of anilines is 2. The van der Waals surface area contributed by atoms with Crippen molar-refractivity contribution in [2.75, 3.05) is 17.2 Å². The number of hydrogen-bond acceptors (Lipinski definition) is 4. The first kappa shape index (κ1) is 22.0. The average Bonchev–Trinajstić information content (AvgIpc) is 3.59. The molecule has 180 valence electrons. The number of para-hydroxylation sites is 2. The van der Waals surface area contributed by atoms with E-state index in [1.54, 1.807) is 36.4 Å². The maximum absolute atomic E-state index is 14.5. The van der Waals surface area contributed by atoms with Gasteiger partial charge in [0.2, 0.25) is 5.91 Å². The predicted octanol–water partition coefficient (Wildman–Crippen LogP) is 5.01. The Labute approximate surface area is 217 Å². The monoisotopic (exact) mass is 517 g/mol. The first-order chi connectivity index (χ1) is 17.4. The fraction of sp³-hybridized carbons (Fsp3) is 0.250. The smallest absolute Gasteiger partial charge is 0.251 e. The molecule has 3 aromatic rings. The van der Waals surface area contributed by atoms with Crippen LogP contribution < -0.4 is 10.6 Å². The van der Waals surface area contributed by atoms with E-state index in [1.807, 2.05) is 30.3 Å². The van der Waals surface area contributed by atoms with Gasteiger partial charge in [0.25, 0.3) is 5.91 Å². The zero-order chi connectivity index (χ0) is 24.8. The maximum Gasteiger partial charge on any atom is 0.251 e. The molecule has 4 aliphatic heterocycles. The minimum absolute atomic E-state index is 0.232. The van der Waals surface area contributed by atoms with Crippen LogP contribution in [0, 0.1) is 5.92 Å². The SMILES string of the molecule is O=C(c1ccccc1Cl)[C@H]1[C@H]2CCCN2[C@@]2(C(=O)Nc3c(Cl)cccc32)[C@]12C(=O)Nc1ccccc12. The van der Waals surface area contributed by atoms with E-state index < -0.39 is 16.9 Å². The van der Waals surface area contributed by atoms with Crippen LogP contribution in [0.25, 0.3) is 0 Å². The quantitative estimate of drug-likeness (QED) is 0.468. The number of benzene rings is 3. The van der Waals surface area contributed by atoms with Crippen LogP contribution in [-0.2, 0) is 20.5 Å². The second-order valence-electron chi connectivity index (χ2n) is 9.86. The molecule has 2 saturated heterocycles. The van der Waals surface area contributed by atoms with E-state index >= 15 is 0 Å². The van der Waals surface area contributed by atoms with Gasteiger partial charge < -0.3 is 10.6 Å². The summed E-state index contributed by atoms with van der Waals surface area (Å²) in [5.41, 5.74) is -0.196. The van der Waals surface area contributed by atoms with E-state index in [9.17, 15) is 14.4 Å². The Hall–Kier alpha value is -3.19. The summed E-state index contributed by atoms with van der Waals surface area (Å²) in [6, 6.07) is 19.3. The third-order valence-corrected chi connectivity index (χ3v) is 9.15. The molecule has 36 heavy (non-hydrogen) atoms. The number of carbonyl (C=O) groups is 3. The topological polar surface area (TPSA) is 78.5 Å². The van der Waals surface area contributed by atoms with Crippen LogP contribution in [0.2, 0.25) is 10.0 Å². The minimum atomic E-state index is -1.51. The molecular formula is C28H21Cl2N3O3. The highest BCUT2D eigenvalue weighted by Crippen LogP contribution is 2.68. The number of carbonyl (C=O) groups excluding carboxylic acids is 3.